The van der Waals surface area contributed by atoms with Crippen LogP contribution in [0.5, 0.6) is 11.5 Å². The summed E-state index contributed by atoms with van der Waals surface area (Å²) in [6.07, 6.45) is 0. The molecule has 0 saturated heterocycles. The van der Waals surface area contributed by atoms with Crippen LogP contribution in [-0.4, -0.2) is 4.92 Å². The molecule has 2 aromatic rings. The lowest BCUT2D eigenvalue weighted by molar-refractivity contribution is -0.385. The highest BCUT2D eigenvalue weighted by atomic mass is 35.7. The van der Waals surface area contributed by atoms with Crippen LogP contribution >= 0.6 is 18.2 Å². The van der Waals surface area contributed by atoms with E-state index in [-0.39, 0.29) is 17.2 Å². The molecule has 6 nitrogen and oxygen atoms in total. The summed E-state index contributed by atoms with van der Waals surface area (Å²) in [6.45, 7) is -4.04. The minimum Gasteiger partial charge on any atom is -0.405 e. The van der Waals surface area contributed by atoms with E-state index in [1.165, 1.54) is 36.4 Å². The molecule has 0 spiro atoms. The standard InChI is InChI=1S/C12H9ClNO5P/c13-20(17,18-10-6-2-1-3-7-10)19-12-9-5-4-8-11(12)14(15)16/h1-9H. The van der Waals surface area contributed by atoms with Crippen LogP contribution in [-0.2, 0) is 4.57 Å². The van der Waals surface area contributed by atoms with E-state index in [9.17, 15) is 14.7 Å². The van der Waals surface area contributed by atoms with Crippen LogP contribution in [0.3, 0.4) is 0 Å². The molecule has 1 unspecified atom stereocenters. The highest BCUT2D eigenvalue weighted by molar-refractivity contribution is 7.82. The molecule has 20 heavy (non-hydrogen) atoms. The van der Waals surface area contributed by atoms with Crippen molar-refractivity contribution in [3.05, 3.63) is 64.7 Å². The molecule has 2 rings (SSSR count). The summed E-state index contributed by atoms with van der Waals surface area (Å²) in [7, 11) is 0. The van der Waals surface area contributed by atoms with Gasteiger partial charge in [0.2, 0.25) is 5.75 Å². The SMILES string of the molecule is O=[N+]([O-])c1ccccc1OP(=O)(Cl)Oc1ccccc1. The number of benzene rings is 2. The zero-order chi connectivity index (χ0) is 14.6. The molecule has 0 saturated carbocycles. The monoisotopic (exact) mass is 313 g/mol. The third-order valence-corrected chi connectivity index (χ3v) is 3.48. The van der Waals surface area contributed by atoms with Crippen LogP contribution in [0.4, 0.5) is 5.69 Å². The summed E-state index contributed by atoms with van der Waals surface area (Å²) in [5, 5.41) is 10.8. The summed E-state index contributed by atoms with van der Waals surface area (Å²) in [6, 6.07) is 13.6. The number of para-hydroxylation sites is 3. The van der Waals surface area contributed by atoms with E-state index in [4.69, 9.17) is 20.3 Å². The van der Waals surface area contributed by atoms with E-state index in [2.05, 4.69) is 0 Å². The molecule has 104 valence electrons. The van der Waals surface area contributed by atoms with Crippen molar-refractivity contribution in [1.82, 2.24) is 0 Å². The Morgan fingerprint density at radius 2 is 1.60 bits per heavy atom. The molecule has 0 aliphatic carbocycles. The van der Waals surface area contributed by atoms with E-state index in [0.29, 0.717) is 0 Å². The lowest BCUT2D eigenvalue weighted by atomic mass is 10.3. The van der Waals surface area contributed by atoms with Crippen LogP contribution in [0.15, 0.2) is 54.6 Å². The largest absolute Gasteiger partial charge is 0.530 e. The van der Waals surface area contributed by atoms with E-state index in [1.54, 1.807) is 18.2 Å². The Bertz CT molecular complexity index is 664. The third-order valence-electron chi connectivity index (χ3n) is 2.23. The molecule has 8 heteroatoms. The summed E-state index contributed by atoms with van der Waals surface area (Å²) >= 11 is 5.67. The maximum Gasteiger partial charge on any atom is 0.530 e. The maximum atomic E-state index is 12.0. The van der Waals surface area contributed by atoms with Crippen molar-refractivity contribution in [3.8, 4) is 11.5 Å². The summed E-state index contributed by atoms with van der Waals surface area (Å²) < 4.78 is 22.0. The fraction of sp³-hybridized carbons (Fsp3) is 0. The van der Waals surface area contributed by atoms with Crippen molar-refractivity contribution in [2.75, 3.05) is 0 Å². The van der Waals surface area contributed by atoms with Crippen LogP contribution in [0.1, 0.15) is 0 Å². The number of nitrogens with zero attached hydrogens (tertiary/aromatic N) is 1. The number of halogens is 1. The second-order valence-corrected chi connectivity index (χ2v) is 6.12. The van der Waals surface area contributed by atoms with Gasteiger partial charge in [-0.2, -0.15) is 0 Å². The Morgan fingerprint density at radius 3 is 2.25 bits per heavy atom. The smallest absolute Gasteiger partial charge is 0.405 e. The molecular weight excluding hydrogens is 305 g/mol. The van der Waals surface area contributed by atoms with Crippen LogP contribution in [0, 0.1) is 10.1 Å². The molecule has 1 atom stereocenters. The van der Waals surface area contributed by atoms with Gasteiger partial charge in [-0.3, -0.25) is 10.1 Å². The molecule has 0 bridgehead atoms. The fourth-order valence-electron chi connectivity index (χ4n) is 1.43. The van der Waals surface area contributed by atoms with Gasteiger partial charge in [0.25, 0.3) is 0 Å². The molecule has 0 N–H and O–H groups in total. The molecule has 0 aliphatic heterocycles. The topological polar surface area (TPSA) is 78.7 Å². The Kier molecular flexibility index (Phi) is 4.27. The summed E-state index contributed by atoms with van der Waals surface area (Å²) in [5.41, 5.74) is -0.343. The van der Waals surface area contributed by atoms with Crippen molar-refractivity contribution in [3.63, 3.8) is 0 Å². The molecule has 0 aliphatic rings. The molecule has 2 aromatic carbocycles. The minimum absolute atomic E-state index is 0.216. The van der Waals surface area contributed by atoms with Gasteiger partial charge in [0.15, 0.2) is 0 Å². The Hall–Kier alpha value is -2.04. The first kappa shape index (κ1) is 14.4. The fourth-order valence-corrected chi connectivity index (χ4v) is 2.69. The zero-order valence-electron chi connectivity index (χ0n) is 10.0. The van der Waals surface area contributed by atoms with Crippen molar-refractivity contribution in [2.24, 2.45) is 0 Å². The predicted molar refractivity (Wildman–Crippen MR) is 74.3 cm³/mol. The van der Waals surface area contributed by atoms with Crippen LogP contribution in [0.2, 0.25) is 0 Å². The highest BCUT2D eigenvalue weighted by Crippen LogP contribution is 2.54. The quantitative estimate of drug-likeness (QED) is 0.464. The maximum absolute atomic E-state index is 12.0. The Labute approximate surface area is 119 Å². The lowest BCUT2D eigenvalue weighted by Crippen LogP contribution is -1.98. The number of rotatable bonds is 5. The summed E-state index contributed by atoms with van der Waals surface area (Å²) in [5.74, 6) is 0.0242. The first-order valence-corrected chi connectivity index (χ1v) is 7.90. The van der Waals surface area contributed by atoms with Gasteiger partial charge in [-0.05, 0) is 18.2 Å². The highest BCUT2D eigenvalue weighted by Gasteiger charge is 2.28. The van der Waals surface area contributed by atoms with Crippen molar-refractivity contribution < 1.29 is 18.5 Å². The number of hydrogen-bond acceptors (Lipinski definition) is 5. The molecule has 0 heterocycles. The molecular formula is C12H9ClNO5P. The zero-order valence-corrected chi connectivity index (χ0v) is 11.7. The van der Waals surface area contributed by atoms with Gasteiger partial charge in [0.05, 0.1) is 4.92 Å². The van der Waals surface area contributed by atoms with Crippen LogP contribution < -0.4 is 9.05 Å². The van der Waals surface area contributed by atoms with Gasteiger partial charge in [0.1, 0.15) is 5.75 Å². The predicted octanol–water partition coefficient (Wildman–Crippen LogP) is 4.40. The minimum atomic E-state index is -4.04. The van der Waals surface area contributed by atoms with Gasteiger partial charge in [0, 0.05) is 17.3 Å². The van der Waals surface area contributed by atoms with Crippen molar-refractivity contribution in [2.45, 2.75) is 0 Å². The van der Waals surface area contributed by atoms with E-state index in [0.717, 1.165) is 0 Å². The molecule has 0 radical (unpaired) electrons. The third kappa shape index (κ3) is 3.73. The van der Waals surface area contributed by atoms with Crippen molar-refractivity contribution in [1.29, 1.82) is 0 Å². The number of nitro benzene ring substituents is 1. The molecule has 0 amide bonds. The second-order valence-electron chi connectivity index (χ2n) is 3.65. The van der Waals surface area contributed by atoms with E-state index < -0.39 is 11.9 Å². The van der Waals surface area contributed by atoms with Gasteiger partial charge in [-0.15, -0.1) is 0 Å². The Morgan fingerprint density at radius 1 is 1.00 bits per heavy atom. The average Bonchev–Trinajstić information content (AvgIpc) is 2.39. The molecule has 0 aromatic heterocycles. The normalized spacial score (nSPS) is 13.2. The number of hydrogen-bond donors (Lipinski definition) is 0. The van der Waals surface area contributed by atoms with Crippen molar-refractivity contribution >= 4 is 23.9 Å². The van der Waals surface area contributed by atoms with Gasteiger partial charge < -0.3 is 9.05 Å². The lowest BCUT2D eigenvalue weighted by Gasteiger charge is -2.13. The first-order chi connectivity index (χ1) is 9.48. The van der Waals surface area contributed by atoms with Gasteiger partial charge in [-0.1, -0.05) is 30.3 Å². The second kappa shape index (κ2) is 5.94. The first-order valence-electron chi connectivity index (χ1n) is 5.45. The summed E-state index contributed by atoms with van der Waals surface area (Å²) in [4.78, 5) is 10.2. The van der Waals surface area contributed by atoms with E-state index >= 15 is 0 Å². The average molecular weight is 314 g/mol. The molecule has 0 fully saturated rings. The number of nitro groups is 1. The van der Waals surface area contributed by atoms with Gasteiger partial charge in [-0.25, -0.2) is 4.57 Å². The Balaban J connectivity index is 2.20. The van der Waals surface area contributed by atoms with Crippen LogP contribution in [0.25, 0.3) is 0 Å². The van der Waals surface area contributed by atoms with Gasteiger partial charge >= 0.3 is 12.6 Å². The van der Waals surface area contributed by atoms with E-state index in [1.807, 2.05) is 0 Å².